The molecular weight excluding hydrogens is 243 g/mol. The highest BCUT2D eigenvalue weighted by molar-refractivity contribution is 5.83. The molecule has 1 N–H and O–H groups in total. The van der Waals surface area contributed by atoms with Gasteiger partial charge in [0.05, 0.1) is 23.7 Å². The van der Waals surface area contributed by atoms with Crippen molar-refractivity contribution in [3.8, 4) is 5.75 Å². The third kappa shape index (κ3) is 2.17. The summed E-state index contributed by atoms with van der Waals surface area (Å²) in [6.07, 6.45) is 0.626. The molecule has 0 aliphatic heterocycles. The van der Waals surface area contributed by atoms with E-state index in [4.69, 9.17) is 4.74 Å². The first kappa shape index (κ1) is 11.7. The van der Waals surface area contributed by atoms with Crippen molar-refractivity contribution in [1.82, 2.24) is 10.2 Å². The van der Waals surface area contributed by atoms with Gasteiger partial charge in [0, 0.05) is 18.6 Å². The van der Waals surface area contributed by atoms with Gasteiger partial charge in [0.15, 0.2) is 0 Å². The molecule has 1 heterocycles. The summed E-state index contributed by atoms with van der Waals surface area (Å²) in [6.45, 7) is 0. The van der Waals surface area contributed by atoms with Crippen LogP contribution in [0.4, 0.5) is 4.39 Å². The molecule has 0 atom stereocenters. The zero-order chi connectivity index (χ0) is 13.2. The molecule has 0 fully saturated rings. The quantitative estimate of drug-likeness (QED) is 0.780. The lowest BCUT2D eigenvalue weighted by atomic mass is 10.1. The topological polar surface area (TPSA) is 37.9 Å². The van der Waals surface area contributed by atoms with Crippen molar-refractivity contribution in [2.24, 2.45) is 0 Å². The summed E-state index contributed by atoms with van der Waals surface area (Å²) in [5, 5.41) is 7.58. The lowest BCUT2D eigenvalue weighted by Crippen LogP contribution is -1.91. The first-order chi connectivity index (χ1) is 9.28. The minimum atomic E-state index is -0.311. The lowest BCUT2D eigenvalue weighted by Gasteiger charge is -2.02. The van der Waals surface area contributed by atoms with E-state index >= 15 is 0 Å². The van der Waals surface area contributed by atoms with Crippen molar-refractivity contribution in [3.05, 3.63) is 59.5 Å². The summed E-state index contributed by atoms with van der Waals surface area (Å²) in [5.74, 6) is 0.164. The van der Waals surface area contributed by atoms with Crippen molar-refractivity contribution < 1.29 is 9.13 Å². The van der Waals surface area contributed by atoms with Crippen LogP contribution in [-0.2, 0) is 6.42 Å². The number of hydrogen-bond donors (Lipinski definition) is 1. The van der Waals surface area contributed by atoms with Crippen molar-refractivity contribution in [2.75, 3.05) is 7.11 Å². The van der Waals surface area contributed by atoms with E-state index in [-0.39, 0.29) is 5.82 Å². The van der Waals surface area contributed by atoms with E-state index in [0.29, 0.717) is 23.1 Å². The van der Waals surface area contributed by atoms with Gasteiger partial charge in [0.1, 0.15) is 11.6 Å². The van der Waals surface area contributed by atoms with E-state index in [2.05, 4.69) is 10.2 Å². The predicted molar refractivity (Wildman–Crippen MR) is 71.9 cm³/mol. The Balaban J connectivity index is 2.06. The van der Waals surface area contributed by atoms with Gasteiger partial charge in [-0.25, -0.2) is 4.39 Å². The fraction of sp³-hybridized carbons (Fsp3) is 0.133. The van der Waals surface area contributed by atoms with Crippen LogP contribution >= 0.6 is 0 Å². The number of ether oxygens (including phenoxy) is 1. The molecule has 0 unspecified atom stereocenters. The summed E-state index contributed by atoms with van der Waals surface area (Å²) >= 11 is 0. The summed E-state index contributed by atoms with van der Waals surface area (Å²) in [6, 6.07) is 13.0. The van der Waals surface area contributed by atoms with E-state index in [1.807, 2.05) is 30.3 Å². The minimum Gasteiger partial charge on any atom is -0.497 e. The number of hydrogen-bond acceptors (Lipinski definition) is 2. The smallest absolute Gasteiger partial charge is 0.138 e. The Morgan fingerprint density at radius 1 is 1.21 bits per heavy atom. The normalized spacial score (nSPS) is 10.8. The third-order valence-electron chi connectivity index (χ3n) is 3.12. The predicted octanol–water partition coefficient (Wildman–Crippen LogP) is 3.30. The van der Waals surface area contributed by atoms with Gasteiger partial charge in [-0.3, -0.25) is 5.10 Å². The van der Waals surface area contributed by atoms with Crippen LogP contribution < -0.4 is 4.74 Å². The molecule has 0 bridgehead atoms. The third-order valence-corrected chi connectivity index (χ3v) is 3.12. The van der Waals surface area contributed by atoms with Crippen LogP contribution in [0.5, 0.6) is 5.75 Å². The Kier molecular flexibility index (Phi) is 2.91. The summed E-state index contributed by atoms with van der Waals surface area (Å²) < 4.78 is 19.1. The molecule has 0 aliphatic carbocycles. The monoisotopic (exact) mass is 256 g/mol. The molecule has 3 aromatic rings. The molecular formula is C15H13FN2O. The maximum absolute atomic E-state index is 14.1. The number of methoxy groups -OCH3 is 1. The van der Waals surface area contributed by atoms with E-state index in [1.54, 1.807) is 6.07 Å². The van der Waals surface area contributed by atoms with Crippen LogP contribution in [0.2, 0.25) is 0 Å². The Labute approximate surface area is 110 Å². The number of rotatable bonds is 3. The number of aromatic nitrogens is 2. The van der Waals surface area contributed by atoms with E-state index in [0.717, 1.165) is 11.3 Å². The molecule has 1 aromatic heterocycles. The van der Waals surface area contributed by atoms with Crippen LogP contribution in [0.15, 0.2) is 42.5 Å². The number of benzene rings is 2. The molecule has 2 aromatic carbocycles. The Hall–Kier alpha value is -2.36. The van der Waals surface area contributed by atoms with Gasteiger partial charge >= 0.3 is 0 Å². The van der Waals surface area contributed by atoms with Gasteiger partial charge in [-0.15, -0.1) is 0 Å². The van der Waals surface area contributed by atoms with E-state index in [1.165, 1.54) is 13.2 Å². The van der Waals surface area contributed by atoms with Crippen LogP contribution in [0, 0.1) is 5.82 Å². The zero-order valence-corrected chi connectivity index (χ0v) is 10.5. The van der Waals surface area contributed by atoms with E-state index < -0.39 is 0 Å². The summed E-state index contributed by atoms with van der Waals surface area (Å²) in [4.78, 5) is 0. The van der Waals surface area contributed by atoms with Gasteiger partial charge in [-0.2, -0.15) is 5.10 Å². The number of H-pyrrole nitrogens is 1. The number of nitrogens with one attached hydrogen (secondary N) is 1. The van der Waals surface area contributed by atoms with Crippen molar-refractivity contribution in [1.29, 1.82) is 0 Å². The van der Waals surface area contributed by atoms with Crippen LogP contribution in [0.1, 0.15) is 11.3 Å². The molecule has 96 valence electrons. The second-order valence-electron chi connectivity index (χ2n) is 4.37. The van der Waals surface area contributed by atoms with Crippen molar-refractivity contribution >= 4 is 10.9 Å². The van der Waals surface area contributed by atoms with Crippen LogP contribution in [-0.4, -0.2) is 17.3 Å². The van der Waals surface area contributed by atoms with Crippen LogP contribution in [0.3, 0.4) is 0 Å². The van der Waals surface area contributed by atoms with Gasteiger partial charge in [-0.1, -0.05) is 30.3 Å². The Bertz CT molecular complexity index is 707. The maximum Gasteiger partial charge on any atom is 0.138 e. The molecule has 4 heteroatoms. The van der Waals surface area contributed by atoms with Gasteiger partial charge in [0.2, 0.25) is 0 Å². The summed E-state index contributed by atoms with van der Waals surface area (Å²) in [7, 11) is 1.51. The molecule has 0 aliphatic rings. The van der Waals surface area contributed by atoms with Gasteiger partial charge in [-0.05, 0) is 5.56 Å². The van der Waals surface area contributed by atoms with Crippen molar-refractivity contribution in [2.45, 2.75) is 6.42 Å². The first-order valence-electron chi connectivity index (χ1n) is 6.02. The molecule has 0 spiro atoms. The highest BCUT2D eigenvalue weighted by Crippen LogP contribution is 2.26. The van der Waals surface area contributed by atoms with Crippen LogP contribution in [0.25, 0.3) is 10.9 Å². The fourth-order valence-electron chi connectivity index (χ4n) is 2.18. The first-order valence-corrected chi connectivity index (χ1v) is 6.02. The summed E-state index contributed by atoms with van der Waals surface area (Å²) in [5.41, 5.74) is 2.48. The highest BCUT2D eigenvalue weighted by Gasteiger charge is 2.12. The highest BCUT2D eigenvalue weighted by atomic mass is 19.1. The molecule has 3 rings (SSSR count). The number of nitrogens with zero attached hydrogens (tertiary/aromatic N) is 1. The average molecular weight is 256 g/mol. The fourth-order valence-corrected chi connectivity index (χ4v) is 2.18. The molecule has 0 saturated heterocycles. The zero-order valence-electron chi connectivity index (χ0n) is 10.5. The van der Waals surface area contributed by atoms with Gasteiger partial charge < -0.3 is 4.74 Å². The second kappa shape index (κ2) is 4.72. The average Bonchev–Trinajstić information content (AvgIpc) is 2.83. The number of fused-ring (bicyclic) bond motifs is 1. The second-order valence-corrected chi connectivity index (χ2v) is 4.37. The maximum atomic E-state index is 14.1. The Morgan fingerprint density at radius 3 is 2.74 bits per heavy atom. The van der Waals surface area contributed by atoms with E-state index in [9.17, 15) is 4.39 Å². The lowest BCUT2D eigenvalue weighted by molar-refractivity contribution is 0.412. The molecule has 0 saturated carbocycles. The number of halogens is 1. The minimum absolute atomic E-state index is 0.311. The standard InChI is InChI=1S/C15H13FN2O/c1-19-11-8-12(16)15-13(17-18-14(15)9-11)7-10-5-3-2-4-6-10/h2-6,8-9H,7H2,1H3,(H,17,18). The molecule has 0 amide bonds. The molecule has 0 radical (unpaired) electrons. The Morgan fingerprint density at radius 2 is 2.00 bits per heavy atom. The largest absolute Gasteiger partial charge is 0.497 e. The van der Waals surface area contributed by atoms with Gasteiger partial charge in [0.25, 0.3) is 0 Å². The number of aromatic amines is 1. The molecule has 19 heavy (non-hydrogen) atoms. The van der Waals surface area contributed by atoms with Crippen molar-refractivity contribution in [3.63, 3.8) is 0 Å². The SMILES string of the molecule is COc1cc(F)c2c(Cc3ccccc3)[nH]nc2c1. The molecule has 3 nitrogen and oxygen atoms in total.